The molecule has 0 atom stereocenters. The molecule has 14 heteroatoms. The quantitative estimate of drug-likeness (QED) is 0.432. The van der Waals surface area contributed by atoms with Crippen LogP contribution in [0.15, 0.2) is 34.3 Å². The third-order valence-electron chi connectivity index (χ3n) is 4.72. The largest absolute Gasteiger partial charge is 0.465 e. The molecular weight excluding hydrogens is 466 g/mol. The predicted octanol–water partition coefficient (Wildman–Crippen LogP) is 1.93. The lowest BCUT2D eigenvalue weighted by atomic mass is 9.99. The molecule has 3 rings (SSSR count). The number of rotatable bonds is 7. The molecule has 0 bridgehead atoms. The Morgan fingerprint density at radius 2 is 1.76 bits per heavy atom. The molecule has 0 aliphatic heterocycles. The zero-order chi connectivity index (χ0) is 24.7. The number of oxime groups is 1. The highest BCUT2D eigenvalue weighted by Gasteiger charge is 2.25. The second kappa shape index (κ2) is 10.9. The summed E-state index contributed by atoms with van der Waals surface area (Å²) in [6.07, 6.45) is 4.85. The lowest BCUT2D eigenvalue weighted by molar-refractivity contribution is 0.0596. The first-order chi connectivity index (χ1) is 16.2. The van der Waals surface area contributed by atoms with Gasteiger partial charge in [-0.15, -0.1) is 0 Å². The summed E-state index contributed by atoms with van der Waals surface area (Å²) in [6.45, 7) is 0. The Bertz CT molecular complexity index is 1190. The van der Waals surface area contributed by atoms with Crippen LogP contribution < -0.4 is 19.8 Å². The van der Waals surface area contributed by atoms with Crippen molar-refractivity contribution in [3.63, 3.8) is 0 Å². The molecule has 1 aromatic carbocycles. The summed E-state index contributed by atoms with van der Waals surface area (Å²) in [5.41, 5.74) is 0.665. The average molecular weight is 492 g/mol. The highest BCUT2D eigenvalue weighted by Crippen LogP contribution is 2.18. The number of hydrogen-bond acceptors (Lipinski definition) is 11. The molecule has 0 radical (unpaired) electrons. The SMILES string of the molecule is COC(=O)c1ccccc1S(=O)(=O)NC(=O)Nc1nc(ON=C2CCCCC2)nc(N(C)C)n1. The molecule has 2 aromatic rings. The first-order valence-electron chi connectivity index (χ1n) is 10.4. The number of urea groups is 1. The fourth-order valence-electron chi connectivity index (χ4n) is 3.08. The van der Waals surface area contributed by atoms with E-state index in [-0.39, 0.29) is 23.5 Å². The summed E-state index contributed by atoms with van der Waals surface area (Å²) < 4.78 is 31.8. The number of nitrogens with zero attached hydrogens (tertiary/aromatic N) is 5. The zero-order valence-electron chi connectivity index (χ0n) is 18.9. The highest BCUT2D eigenvalue weighted by atomic mass is 32.2. The summed E-state index contributed by atoms with van der Waals surface area (Å²) >= 11 is 0. The molecule has 1 heterocycles. The van der Waals surface area contributed by atoms with Crippen LogP contribution in [-0.4, -0.2) is 62.3 Å². The number of carbonyl (C=O) groups is 2. The van der Waals surface area contributed by atoms with Crippen LogP contribution in [-0.2, 0) is 14.8 Å². The van der Waals surface area contributed by atoms with Crippen molar-refractivity contribution in [1.82, 2.24) is 19.7 Å². The Kier molecular flexibility index (Phi) is 7.94. The summed E-state index contributed by atoms with van der Waals surface area (Å²) in [6, 6.07) is 4.00. The van der Waals surface area contributed by atoms with Crippen molar-refractivity contribution in [1.29, 1.82) is 0 Å². The van der Waals surface area contributed by atoms with Crippen molar-refractivity contribution in [2.75, 3.05) is 31.4 Å². The van der Waals surface area contributed by atoms with Gasteiger partial charge in [-0.25, -0.2) is 22.7 Å². The Balaban J connectivity index is 1.78. The molecule has 0 unspecified atom stereocenters. The summed E-state index contributed by atoms with van der Waals surface area (Å²) in [7, 11) is 0.0361. The summed E-state index contributed by atoms with van der Waals surface area (Å²) in [4.78, 5) is 43.0. The van der Waals surface area contributed by atoms with Gasteiger partial charge in [0.1, 0.15) is 4.90 Å². The van der Waals surface area contributed by atoms with E-state index in [1.165, 1.54) is 24.3 Å². The van der Waals surface area contributed by atoms with Crippen molar-refractivity contribution in [2.24, 2.45) is 5.16 Å². The normalized spacial score (nSPS) is 13.6. The van der Waals surface area contributed by atoms with Crippen LogP contribution in [0.4, 0.5) is 16.7 Å². The molecule has 182 valence electrons. The Labute approximate surface area is 196 Å². The van der Waals surface area contributed by atoms with Crippen LogP contribution in [0.2, 0.25) is 0 Å². The number of benzene rings is 1. The van der Waals surface area contributed by atoms with Gasteiger partial charge in [-0.1, -0.05) is 23.7 Å². The lowest BCUT2D eigenvalue weighted by Crippen LogP contribution is -2.35. The molecule has 2 amide bonds. The fourth-order valence-corrected chi connectivity index (χ4v) is 4.19. The van der Waals surface area contributed by atoms with Crippen molar-refractivity contribution in [2.45, 2.75) is 37.0 Å². The van der Waals surface area contributed by atoms with E-state index in [0.717, 1.165) is 44.9 Å². The van der Waals surface area contributed by atoms with Crippen molar-refractivity contribution >= 4 is 39.6 Å². The van der Waals surface area contributed by atoms with Gasteiger partial charge in [-0.05, 0) is 37.8 Å². The van der Waals surface area contributed by atoms with E-state index in [1.807, 2.05) is 4.72 Å². The van der Waals surface area contributed by atoms with Crippen molar-refractivity contribution < 1.29 is 27.6 Å². The number of methoxy groups -OCH3 is 1. The van der Waals surface area contributed by atoms with E-state index >= 15 is 0 Å². The minimum atomic E-state index is -4.42. The van der Waals surface area contributed by atoms with Crippen LogP contribution >= 0.6 is 0 Å². The molecule has 13 nitrogen and oxygen atoms in total. The Morgan fingerprint density at radius 1 is 1.06 bits per heavy atom. The van der Waals surface area contributed by atoms with E-state index in [2.05, 4.69) is 30.2 Å². The lowest BCUT2D eigenvalue weighted by Gasteiger charge is -2.14. The summed E-state index contributed by atoms with van der Waals surface area (Å²) in [5.74, 6) is -0.967. The number of nitrogens with one attached hydrogen (secondary N) is 2. The molecule has 1 aromatic heterocycles. The van der Waals surface area contributed by atoms with Gasteiger partial charge in [0.15, 0.2) is 0 Å². The van der Waals surface area contributed by atoms with Crippen LogP contribution in [0.3, 0.4) is 0 Å². The van der Waals surface area contributed by atoms with Crippen LogP contribution in [0, 0.1) is 0 Å². The fraction of sp³-hybridized carbons (Fsp3) is 0.400. The van der Waals surface area contributed by atoms with E-state index in [0.29, 0.717) is 0 Å². The number of hydrogen-bond donors (Lipinski definition) is 2. The third kappa shape index (κ3) is 6.37. The first kappa shape index (κ1) is 24.8. The van der Waals surface area contributed by atoms with Crippen LogP contribution in [0.5, 0.6) is 6.01 Å². The molecular formula is C20H25N7O6S. The molecule has 1 fully saturated rings. The van der Waals surface area contributed by atoms with Gasteiger partial charge in [0.05, 0.1) is 18.4 Å². The van der Waals surface area contributed by atoms with E-state index in [9.17, 15) is 18.0 Å². The average Bonchev–Trinajstić information content (AvgIpc) is 2.82. The molecule has 2 N–H and O–H groups in total. The number of anilines is 2. The maximum absolute atomic E-state index is 12.7. The number of amides is 2. The molecule has 0 spiro atoms. The standard InChI is InChI=1S/C20H25N7O6S/c1-27(2)18-21-17(23-20(24-18)33-25-13-9-5-4-6-10-13)22-19(29)26-34(30,31)15-12-8-7-11-14(15)16(28)32-3/h7-8,11-12H,4-6,9-10H2,1-3H3,(H2,21,22,23,24,26,29). The van der Waals surface area contributed by atoms with Gasteiger partial charge in [0.2, 0.25) is 11.9 Å². The minimum absolute atomic E-state index is 0.156. The molecule has 1 aliphatic rings. The van der Waals surface area contributed by atoms with Gasteiger partial charge in [0.25, 0.3) is 10.0 Å². The topological polar surface area (TPSA) is 165 Å². The molecule has 34 heavy (non-hydrogen) atoms. The number of carbonyl (C=O) groups excluding carboxylic acids is 2. The predicted molar refractivity (Wildman–Crippen MR) is 122 cm³/mol. The number of esters is 1. The van der Waals surface area contributed by atoms with E-state index < -0.39 is 26.9 Å². The Morgan fingerprint density at radius 3 is 2.44 bits per heavy atom. The maximum Gasteiger partial charge on any atom is 0.352 e. The zero-order valence-corrected chi connectivity index (χ0v) is 19.8. The maximum atomic E-state index is 12.7. The number of ether oxygens (including phenoxy) is 1. The van der Waals surface area contributed by atoms with Crippen molar-refractivity contribution in [3.05, 3.63) is 29.8 Å². The highest BCUT2D eigenvalue weighted by molar-refractivity contribution is 7.90. The van der Waals surface area contributed by atoms with Gasteiger partial charge >= 0.3 is 18.0 Å². The smallest absolute Gasteiger partial charge is 0.352 e. The van der Waals surface area contributed by atoms with E-state index in [1.54, 1.807) is 19.0 Å². The Hall–Kier alpha value is -3.81. The molecule has 0 saturated heterocycles. The van der Waals surface area contributed by atoms with Crippen LogP contribution in [0.1, 0.15) is 42.5 Å². The minimum Gasteiger partial charge on any atom is -0.465 e. The van der Waals surface area contributed by atoms with Crippen molar-refractivity contribution in [3.8, 4) is 6.01 Å². The number of aromatic nitrogens is 3. The van der Waals surface area contributed by atoms with Gasteiger partial charge in [-0.2, -0.15) is 15.0 Å². The monoisotopic (exact) mass is 491 g/mol. The molecule has 1 aliphatic carbocycles. The second-order valence-electron chi connectivity index (χ2n) is 7.49. The molecule has 1 saturated carbocycles. The van der Waals surface area contributed by atoms with Gasteiger partial charge in [-0.3, -0.25) is 5.32 Å². The van der Waals surface area contributed by atoms with E-state index in [4.69, 9.17) is 4.84 Å². The van der Waals surface area contributed by atoms with Crippen LogP contribution in [0.25, 0.3) is 0 Å². The third-order valence-corrected chi connectivity index (χ3v) is 6.11. The first-order valence-corrected chi connectivity index (χ1v) is 11.8. The van der Waals surface area contributed by atoms with Gasteiger partial charge < -0.3 is 14.5 Å². The number of sulfonamides is 1. The second-order valence-corrected chi connectivity index (χ2v) is 9.14. The van der Waals surface area contributed by atoms with Gasteiger partial charge in [0, 0.05) is 14.1 Å². The summed E-state index contributed by atoms with van der Waals surface area (Å²) in [5, 5.41) is 6.33.